The molecule has 2 amide bonds. The maximum absolute atomic E-state index is 13.2. The van der Waals surface area contributed by atoms with Crippen LogP contribution < -0.4 is 15.4 Å². The monoisotopic (exact) mass is 533 g/mol. The Morgan fingerprint density at radius 3 is 2.84 bits per heavy atom. The number of hydrogen-bond acceptors (Lipinski definition) is 5. The van der Waals surface area contributed by atoms with Gasteiger partial charge in [0.2, 0.25) is 11.8 Å². The molecule has 3 rings (SSSR count). The van der Waals surface area contributed by atoms with E-state index in [-0.39, 0.29) is 30.8 Å². The van der Waals surface area contributed by atoms with Gasteiger partial charge in [0.1, 0.15) is 19.0 Å². The molecule has 0 saturated carbocycles. The first kappa shape index (κ1) is 29.9. The van der Waals surface area contributed by atoms with Crippen LogP contribution >= 0.6 is 0 Å². The molecule has 2 aliphatic rings. The van der Waals surface area contributed by atoms with Crippen LogP contribution in [-0.4, -0.2) is 66.7 Å². The Hall–Kier alpha value is -2.68. The van der Waals surface area contributed by atoms with Crippen LogP contribution in [0, 0.1) is 17.8 Å². The van der Waals surface area contributed by atoms with E-state index in [0.29, 0.717) is 55.1 Å². The first-order valence-corrected chi connectivity index (χ1v) is 14.1. The number of carbonyl (C=O) groups excluding carboxylic acids is 2. The lowest BCUT2D eigenvalue weighted by molar-refractivity contribution is -0.138. The van der Waals surface area contributed by atoms with E-state index in [1.54, 1.807) is 29.2 Å². The highest BCUT2D eigenvalue weighted by Gasteiger charge is 2.31. The molecule has 2 aliphatic heterocycles. The average Bonchev–Trinajstić information content (AvgIpc) is 2.94. The molecule has 8 nitrogen and oxygen atoms in total. The summed E-state index contributed by atoms with van der Waals surface area (Å²) in [5.41, 5.74) is 0.582. The van der Waals surface area contributed by atoms with Crippen LogP contribution in [-0.2, 0) is 14.4 Å². The van der Waals surface area contributed by atoms with Gasteiger partial charge in [-0.1, -0.05) is 32.4 Å². The van der Waals surface area contributed by atoms with Gasteiger partial charge in [-0.2, -0.15) is 0 Å². The molecule has 2 fully saturated rings. The molecule has 2 heterocycles. The van der Waals surface area contributed by atoms with Gasteiger partial charge in [0, 0.05) is 25.6 Å². The van der Waals surface area contributed by atoms with Crippen LogP contribution in [0.25, 0.3) is 0 Å². The van der Waals surface area contributed by atoms with Gasteiger partial charge in [-0.3, -0.25) is 14.4 Å². The van der Waals surface area contributed by atoms with Gasteiger partial charge >= 0.3 is 5.97 Å². The van der Waals surface area contributed by atoms with E-state index in [2.05, 4.69) is 24.5 Å². The predicted molar refractivity (Wildman–Crippen MR) is 144 cm³/mol. The Kier molecular flexibility index (Phi) is 11.8. The van der Waals surface area contributed by atoms with Gasteiger partial charge in [-0.25, -0.2) is 4.39 Å². The van der Waals surface area contributed by atoms with Crippen molar-refractivity contribution in [2.24, 2.45) is 17.8 Å². The Morgan fingerprint density at radius 1 is 1.29 bits per heavy atom. The molecule has 0 aliphatic carbocycles. The molecule has 212 valence electrons. The van der Waals surface area contributed by atoms with Gasteiger partial charge in [0.05, 0.1) is 18.4 Å². The number of aliphatic carboxylic acids is 1. The summed E-state index contributed by atoms with van der Waals surface area (Å²) in [6.07, 6.45) is 5.83. The molecule has 3 N–H and O–H groups in total. The number of carboxylic acids is 1. The normalized spacial score (nSPS) is 23.3. The lowest BCUT2D eigenvalue weighted by atomic mass is 9.83. The van der Waals surface area contributed by atoms with Crippen molar-refractivity contribution in [1.82, 2.24) is 15.5 Å². The maximum atomic E-state index is 13.2. The smallest absolute Gasteiger partial charge is 0.305 e. The van der Waals surface area contributed by atoms with E-state index >= 15 is 0 Å². The van der Waals surface area contributed by atoms with Gasteiger partial charge in [-0.15, -0.1) is 0 Å². The van der Waals surface area contributed by atoms with Crippen LogP contribution in [0.5, 0.6) is 5.75 Å². The molecule has 5 unspecified atom stereocenters. The van der Waals surface area contributed by atoms with Crippen LogP contribution in [0.2, 0.25) is 0 Å². The minimum absolute atomic E-state index is 0.0958. The highest BCUT2D eigenvalue weighted by atomic mass is 19.1. The van der Waals surface area contributed by atoms with Gasteiger partial charge in [-0.05, 0) is 68.2 Å². The molecule has 38 heavy (non-hydrogen) atoms. The third-order valence-electron chi connectivity index (χ3n) is 8.09. The molecule has 0 spiro atoms. The minimum Gasteiger partial charge on any atom is -0.491 e. The number of benzene rings is 1. The van der Waals surface area contributed by atoms with Gasteiger partial charge in [0.15, 0.2) is 0 Å². The summed E-state index contributed by atoms with van der Waals surface area (Å²) in [7, 11) is 0. The van der Waals surface area contributed by atoms with Crippen LogP contribution in [0.1, 0.15) is 76.8 Å². The fourth-order valence-electron chi connectivity index (χ4n) is 5.61. The number of carbonyl (C=O) groups is 3. The third-order valence-corrected chi connectivity index (χ3v) is 8.09. The zero-order chi connectivity index (χ0) is 27.5. The molecule has 0 aromatic heterocycles. The molecular weight excluding hydrogens is 489 g/mol. The number of rotatable bonds is 13. The number of alkyl halides is 1. The highest BCUT2D eigenvalue weighted by Crippen LogP contribution is 2.28. The summed E-state index contributed by atoms with van der Waals surface area (Å²) in [6, 6.07) is 6.48. The number of hydrogen-bond donors (Lipinski definition) is 3. The Balaban J connectivity index is 1.55. The van der Waals surface area contributed by atoms with Crippen molar-refractivity contribution in [3.63, 3.8) is 0 Å². The van der Waals surface area contributed by atoms with E-state index in [1.807, 2.05) is 0 Å². The van der Waals surface area contributed by atoms with Crippen LogP contribution in [0.3, 0.4) is 0 Å². The van der Waals surface area contributed by atoms with E-state index in [1.165, 1.54) is 0 Å². The second-order valence-electron chi connectivity index (χ2n) is 10.8. The molecular formula is C29H44FN3O5. The molecule has 9 heteroatoms. The van der Waals surface area contributed by atoms with Gasteiger partial charge < -0.3 is 25.4 Å². The summed E-state index contributed by atoms with van der Waals surface area (Å²) >= 11 is 0. The summed E-state index contributed by atoms with van der Waals surface area (Å²) in [6.45, 7) is 5.77. The Labute approximate surface area is 225 Å². The first-order chi connectivity index (χ1) is 18.3. The molecule has 2 saturated heterocycles. The second kappa shape index (κ2) is 15.0. The van der Waals surface area contributed by atoms with Crippen molar-refractivity contribution in [1.29, 1.82) is 0 Å². The van der Waals surface area contributed by atoms with Gasteiger partial charge in [0.25, 0.3) is 0 Å². The summed E-state index contributed by atoms with van der Waals surface area (Å²) in [4.78, 5) is 39.6. The summed E-state index contributed by atoms with van der Waals surface area (Å²) in [5, 5.41) is 15.9. The van der Waals surface area contributed by atoms with E-state index in [4.69, 9.17) is 4.74 Å². The lowest BCUT2D eigenvalue weighted by Crippen LogP contribution is -2.46. The third kappa shape index (κ3) is 8.96. The second-order valence-corrected chi connectivity index (χ2v) is 10.8. The number of ether oxygens (including phenoxy) is 1. The fraction of sp³-hybridized carbons (Fsp3) is 0.690. The predicted octanol–water partition coefficient (Wildman–Crippen LogP) is 4.10. The standard InChI is InChI=1S/C29H44FN3O5/c1-3-20(2)25-16-21(11-13-31-25)9-10-27(34)33-14-5-7-23(19-33)29(37)32-26(18-28(35)36)22-6-4-8-24(17-22)38-15-12-30/h4,6,8,17,20-21,23,25-26,31H,3,5,7,9-16,18-19H2,1-2H3,(H,32,37)(H,35,36). The van der Waals surface area contributed by atoms with Crippen molar-refractivity contribution in [2.45, 2.75) is 77.3 Å². The van der Waals surface area contributed by atoms with E-state index < -0.39 is 18.7 Å². The number of carboxylic acid groups (broad SMARTS) is 1. The minimum atomic E-state index is -1.04. The summed E-state index contributed by atoms with van der Waals surface area (Å²) < 4.78 is 17.8. The topological polar surface area (TPSA) is 108 Å². The number of nitrogens with one attached hydrogen (secondary N) is 2. The van der Waals surface area contributed by atoms with E-state index in [9.17, 15) is 23.9 Å². The van der Waals surface area contributed by atoms with Crippen molar-refractivity contribution >= 4 is 17.8 Å². The van der Waals surface area contributed by atoms with Crippen LogP contribution in [0.15, 0.2) is 24.3 Å². The Bertz CT molecular complexity index is 929. The zero-order valence-corrected chi connectivity index (χ0v) is 22.8. The number of amides is 2. The molecule has 1 aromatic rings. The largest absolute Gasteiger partial charge is 0.491 e. The first-order valence-electron chi connectivity index (χ1n) is 14.1. The molecule has 0 bridgehead atoms. The number of halogens is 1. The quantitative estimate of drug-likeness (QED) is 0.352. The van der Waals surface area contributed by atoms with Crippen LogP contribution in [0.4, 0.5) is 4.39 Å². The fourth-order valence-corrected chi connectivity index (χ4v) is 5.61. The van der Waals surface area contributed by atoms with Crippen molar-refractivity contribution in [3.8, 4) is 5.75 Å². The Morgan fingerprint density at radius 2 is 2.11 bits per heavy atom. The highest BCUT2D eigenvalue weighted by molar-refractivity contribution is 5.82. The number of likely N-dealkylation sites (tertiary alicyclic amines) is 1. The molecule has 5 atom stereocenters. The SMILES string of the molecule is CCC(C)C1CC(CCC(=O)N2CCCC(C(=O)NC(CC(=O)O)c3cccc(OCCF)c3)C2)CCN1. The maximum Gasteiger partial charge on any atom is 0.305 e. The number of nitrogens with zero attached hydrogens (tertiary/aromatic N) is 1. The van der Waals surface area contributed by atoms with Crippen molar-refractivity contribution in [2.75, 3.05) is 32.9 Å². The van der Waals surface area contributed by atoms with E-state index in [0.717, 1.165) is 38.6 Å². The molecule has 0 radical (unpaired) electrons. The number of piperidine rings is 2. The van der Waals surface area contributed by atoms with Crippen molar-refractivity contribution < 1.29 is 28.6 Å². The average molecular weight is 534 g/mol. The molecule has 1 aromatic carbocycles. The zero-order valence-electron chi connectivity index (χ0n) is 22.8. The van der Waals surface area contributed by atoms with Crippen molar-refractivity contribution in [3.05, 3.63) is 29.8 Å². The lowest BCUT2D eigenvalue weighted by Gasteiger charge is -2.35. The summed E-state index contributed by atoms with van der Waals surface area (Å²) in [5.74, 6) is 0.0142.